The standard InChI is InChI=1S/C11H17N3O6S2/c1-20-3-2-4-22(18,19)13-5-9(15)12-6-10-14-8(7-21-10)11(16)17/h7,13H,2-6H2,1H3,(H,12,15)(H,16,17). The molecule has 0 unspecified atom stereocenters. The molecule has 0 aliphatic heterocycles. The topological polar surface area (TPSA) is 135 Å². The van der Waals surface area contributed by atoms with Crippen LogP contribution in [0.4, 0.5) is 0 Å². The molecule has 22 heavy (non-hydrogen) atoms. The van der Waals surface area contributed by atoms with Crippen LogP contribution in [0.1, 0.15) is 21.9 Å². The minimum absolute atomic E-state index is 0.0438. The van der Waals surface area contributed by atoms with E-state index in [0.29, 0.717) is 18.0 Å². The van der Waals surface area contributed by atoms with Gasteiger partial charge in [-0.25, -0.2) is 22.9 Å². The summed E-state index contributed by atoms with van der Waals surface area (Å²) in [5, 5.41) is 13.0. The molecular weight excluding hydrogens is 334 g/mol. The van der Waals surface area contributed by atoms with Crippen molar-refractivity contribution in [1.29, 1.82) is 0 Å². The zero-order valence-corrected chi connectivity index (χ0v) is 13.5. The van der Waals surface area contributed by atoms with Gasteiger partial charge in [-0.15, -0.1) is 11.3 Å². The number of sulfonamides is 1. The molecule has 0 saturated carbocycles. The molecule has 0 radical (unpaired) electrons. The van der Waals surface area contributed by atoms with E-state index < -0.39 is 21.9 Å². The molecular formula is C11H17N3O6S2. The van der Waals surface area contributed by atoms with E-state index in [1.54, 1.807) is 0 Å². The predicted octanol–water partition coefficient (Wildman–Crippen LogP) is -0.587. The quantitative estimate of drug-likeness (QED) is 0.480. The molecule has 0 atom stereocenters. The molecule has 124 valence electrons. The fourth-order valence-corrected chi connectivity index (χ4v) is 3.07. The highest BCUT2D eigenvalue weighted by atomic mass is 32.2. The molecule has 11 heteroatoms. The third-order valence-corrected chi connectivity index (χ3v) is 4.68. The van der Waals surface area contributed by atoms with Crippen LogP contribution in [-0.2, 0) is 26.1 Å². The molecule has 1 aromatic rings. The number of carboxylic acids is 1. The predicted molar refractivity (Wildman–Crippen MR) is 79.2 cm³/mol. The Morgan fingerprint density at radius 2 is 2.18 bits per heavy atom. The number of thiazole rings is 1. The Bertz CT molecular complexity index is 613. The van der Waals surface area contributed by atoms with Crippen molar-refractivity contribution in [3.05, 3.63) is 16.1 Å². The maximum atomic E-state index is 11.5. The highest BCUT2D eigenvalue weighted by Gasteiger charge is 2.13. The number of aromatic nitrogens is 1. The van der Waals surface area contributed by atoms with Crippen LogP contribution in [0, 0.1) is 0 Å². The summed E-state index contributed by atoms with van der Waals surface area (Å²) in [6.07, 6.45) is 0.338. The summed E-state index contributed by atoms with van der Waals surface area (Å²) in [6, 6.07) is 0. The SMILES string of the molecule is COCCCS(=O)(=O)NCC(=O)NCc1nc(C(=O)O)cs1. The lowest BCUT2D eigenvalue weighted by Gasteiger charge is -2.06. The molecule has 9 nitrogen and oxygen atoms in total. The number of hydrogen-bond donors (Lipinski definition) is 3. The number of aromatic carboxylic acids is 1. The molecule has 1 aromatic heterocycles. The van der Waals surface area contributed by atoms with E-state index in [1.165, 1.54) is 12.5 Å². The second-order valence-electron chi connectivity index (χ2n) is 4.19. The van der Waals surface area contributed by atoms with Gasteiger partial charge in [0.1, 0.15) is 5.01 Å². The second kappa shape index (κ2) is 8.78. The van der Waals surface area contributed by atoms with Gasteiger partial charge < -0.3 is 15.2 Å². The van der Waals surface area contributed by atoms with Gasteiger partial charge in [0.2, 0.25) is 15.9 Å². The van der Waals surface area contributed by atoms with E-state index >= 15 is 0 Å². The summed E-state index contributed by atoms with van der Waals surface area (Å²) < 4.78 is 30.0. The zero-order valence-electron chi connectivity index (χ0n) is 11.9. The number of amides is 1. The molecule has 0 saturated heterocycles. The number of carboxylic acid groups (broad SMARTS) is 1. The molecule has 0 aliphatic rings. The third-order valence-electron chi connectivity index (χ3n) is 2.42. The van der Waals surface area contributed by atoms with Gasteiger partial charge in [-0.05, 0) is 6.42 Å². The monoisotopic (exact) mass is 351 g/mol. The molecule has 1 amide bonds. The number of nitrogens with zero attached hydrogens (tertiary/aromatic N) is 1. The van der Waals surface area contributed by atoms with Crippen molar-refractivity contribution in [2.45, 2.75) is 13.0 Å². The van der Waals surface area contributed by atoms with Crippen LogP contribution >= 0.6 is 11.3 Å². The Kier molecular flexibility index (Phi) is 7.38. The van der Waals surface area contributed by atoms with E-state index in [2.05, 4.69) is 15.0 Å². The number of ether oxygens (including phenoxy) is 1. The van der Waals surface area contributed by atoms with E-state index in [1.807, 2.05) is 0 Å². The Balaban J connectivity index is 2.32. The van der Waals surface area contributed by atoms with Crippen LogP contribution in [0.25, 0.3) is 0 Å². The highest BCUT2D eigenvalue weighted by molar-refractivity contribution is 7.89. The molecule has 0 bridgehead atoms. The smallest absolute Gasteiger partial charge is 0.355 e. The summed E-state index contributed by atoms with van der Waals surface area (Å²) in [5.74, 6) is -1.79. The van der Waals surface area contributed by atoms with Gasteiger partial charge in [-0.2, -0.15) is 0 Å². The second-order valence-corrected chi connectivity index (χ2v) is 7.06. The fraction of sp³-hybridized carbons (Fsp3) is 0.545. The van der Waals surface area contributed by atoms with Crippen molar-refractivity contribution in [1.82, 2.24) is 15.0 Å². The Morgan fingerprint density at radius 3 is 2.77 bits per heavy atom. The van der Waals surface area contributed by atoms with Crippen molar-refractivity contribution >= 4 is 33.2 Å². The largest absolute Gasteiger partial charge is 0.476 e. The van der Waals surface area contributed by atoms with E-state index in [0.717, 1.165) is 11.3 Å². The normalized spacial score (nSPS) is 11.3. The average molecular weight is 351 g/mol. The van der Waals surface area contributed by atoms with Crippen molar-refractivity contribution in [2.24, 2.45) is 0 Å². The summed E-state index contributed by atoms with van der Waals surface area (Å²) in [6.45, 7) is -0.0161. The van der Waals surface area contributed by atoms with Crippen LogP contribution in [0.15, 0.2) is 5.38 Å². The van der Waals surface area contributed by atoms with Gasteiger partial charge in [-0.1, -0.05) is 0 Å². The summed E-state index contributed by atoms with van der Waals surface area (Å²) >= 11 is 1.10. The number of carbonyl (C=O) groups is 2. The molecule has 3 N–H and O–H groups in total. The first-order chi connectivity index (χ1) is 10.3. The van der Waals surface area contributed by atoms with Crippen molar-refractivity contribution in [3.8, 4) is 0 Å². The molecule has 0 spiro atoms. The van der Waals surface area contributed by atoms with Gasteiger partial charge in [0.05, 0.1) is 18.8 Å². The first kappa shape index (κ1) is 18.5. The third kappa shape index (κ3) is 6.93. The van der Waals surface area contributed by atoms with Crippen molar-refractivity contribution in [3.63, 3.8) is 0 Å². The zero-order chi connectivity index (χ0) is 16.6. The number of nitrogens with one attached hydrogen (secondary N) is 2. The van der Waals surface area contributed by atoms with Gasteiger partial charge >= 0.3 is 5.97 Å². The lowest BCUT2D eigenvalue weighted by molar-refractivity contribution is -0.120. The summed E-state index contributed by atoms with van der Waals surface area (Å²) in [5.41, 5.74) is -0.0897. The van der Waals surface area contributed by atoms with Crippen molar-refractivity contribution in [2.75, 3.05) is 26.0 Å². The molecule has 0 aliphatic carbocycles. The van der Waals surface area contributed by atoms with Crippen molar-refractivity contribution < 1.29 is 27.9 Å². The lowest BCUT2D eigenvalue weighted by atomic mass is 10.5. The Hall–Kier alpha value is -1.56. The number of hydrogen-bond acceptors (Lipinski definition) is 7. The van der Waals surface area contributed by atoms with E-state index in [9.17, 15) is 18.0 Å². The summed E-state index contributed by atoms with van der Waals surface area (Å²) in [4.78, 5) is 26.0. The molecule has 0 aromatic carbocycles. The van der Waals surface area contributed by atoms with Crippen LogP contribution < -0.4 is 10.0 Å². The minimum atomic E-state index is -3.52. The van der Waals surface area contributed by atoms with E-state index in [-0.39, 0.29) is 24.5 Å². The van der Waals surface area contributed by atoms with Gasteiger partial charge in [0, 0.05) is 19.1 Å². The summed E-state index contributed by atoms with van der Waals surface area (Å²) in [7, 11) is -2.05. The minimum Gasteiger partial charge on any atom is -0.476 e. The van der Waals surface area contributed by atoms with Crippen LogP contribution in [0.2, 0.25) is 0 Å². The van der Waals surface area contributed by atoms with Gasteiger partial charge in [0.15, 0.2) is 5.69 Å². The maximum absolute atomic E-state index is 11.5. The average Bonchev–Trinajstić information content (AvgIpc) is 2.92. The van der Waals surface area contributed by atoms with Crippen LogP contribution in [0.5, 0.6) is 0 Å². The van der Waals surface area contributed by atoms with Crippen LogP contribution in [-0.4, -0.2) is 56.4 Å². The molecule has 1 heterocycles. The van der Waals surface area contributed by atoms with Gasteiger partial charge in [-0.3, -0.25) is 4.79 Å². The lowest BCUT2D eigenvalue weighted by Crippen LogP contribution is -2.37. The molecule has 1 rings (SSSR count). The van der Waals surface area contributed by atoms with E-state index in [4.69, 9.17) is 9.84 Å². The first-order valence-corrected chi connectivity index (χ1v) is 8.78. The number of rotatable bonds is 10. The van der Waals surface area contributed by atoms with Gasteiger partial charge in [0.25, 0.3) is 0 Å². The fourth-order valence-electron chi connectivity index (χ4n) is 1.37. The van der Waals surface area contributed by atoms with Crippen LogP contribution in [0.3, 0.4) is 0 Å². The highest BCUT2D eigenvalue weighted by Crippen LogP contribution is 2.09. The number of carbonyl (C=O) groups excluding carboxylic acids is 1. The maximum Gasteiger partial charge on any atom is 0.355 e. The molecule has 0 fully saturated rings. The Labute approximate surface area is 131 Å². The first-order valence-electron chi connectivity index (χ1n) is 6.24. The number of methoxy groups -OCH3 is 1. The Morgan fingerprint density at radius 1 is 1.45 bits per heavy atom.